The summed E-state index contributed by atoms with van der Waals surface area (Å²) < 4.78 is 16.8. The lowest BCUT2D eigenvalue weighted by Gasteiger charge is -2.36. The summed E-state index contributed by atoms with van der Waals surface area (Å²) in [7, 11) is 1.65. The quantitative estimate of drug-likeness (QED) is 0.525. The summed E-state index contributed by atoms with van der Waals surface area (Å²) >= 11 is 0. The molecule has 2 aliphatic rings. The van der Waals surface area contributed by atoms with Gasteiger partial charge in [0.2, 0.25) is 0 Å². The molecule has 0 bridgehead atoms. The van der Waals surface area contributed by atoms with Gasteiger partial charge in [0.15, 0.2) is 0 Å². The topological polar surface area (TPSA) is 110 Å². The Bertz CT molecular complexity index is 1260. The monoisotopic (exact) mass is 489 g/mol. The van der Waals surface area contributed by atoms with Crippen LogP contribution in [-0.4, -0.2) is 60.4 Å². The number of carbonyl (C=O) groups is 2. The fraction of sp³-hybridized carbons (Fsp3) is 0.296. The number of carbonyl (C=O) groups excluding carboxylic acids is 2. The van der Waals surface area contributed by atoms with E-state index in [2.05, 4.69) is 10.3 Å². The van der Waals surface area contributed by atoms with Crippen molar-refractivity contribution in [2.45, 2.75) is 24.5 Å². The third kappa shape index (κ3) is 5.17. The van der Waals surface area contributed by atoms with Crippen molar-refractivity contribution in [3.05, 3.63) is 78.1 Å². The first-order valence-electron chi connectivity index (χ1n) is 11.7. The van der Waals surface area contributed by atoms with E-state index in [1.807, 2.05) is 48.5 Å². The predicted molar refractivity (Wildman–Crippen MR) is 131 cm³/mol. The Hall–Kier alpha value is -3.95. The van der Waals surface area contributed by atoms with Crippen LogP contribution in [-0.2, 0) is 16.0 Å². The van der Waals surface area contributed by atoms with Crippen LogP contribution in [0.3, 0.4) is 0 Å². The number of likely N-dealkylation sites (N-methyl/N-ethyl adjacent to an activating group) is 1. The SMILES string of the molecule is CN1C(=O)[C@@H](NC(=O)c2cc(Oc3ccccc3)ccn2)COc2cc(CCC3(O)COC3)ccc21. The van der Waals surface area contributed by atoms with Gasteiger partial charge in [-0.05, 0) is 48.7 Å². The zero-order valence-corrected chi connectivity index (χ0v) is 19.8. The first-order valence-corrected chi connectivity index (χ1v) is 11.7. The zero-order chi connectivity index (χ0) is 25.1. The van der Waals surface area contributed by atoms with Crippen molar-refractivity contribution in [1.29, 1.82) is 0 Å². The summed E-state index contributed by atoms with van der Waals surface area (Å²) in [5, 5.41) is 13.0. The number of ether oxygens (including phenoxy) is 3. The molecule has 0 saturated carbocycles. The molecule has 2 amide bonds. The molecule has 0 aliphatic carbocycles. The van der Waals surface area contributed by atoms with E-state index in [1.54, 1.807) is 13.1 Å². The van der Waals surface area contributed by atoms with Crippen LogP contribution in [0.1, 0.15) is 22.5 Å². The van der Waals surface area contributed by atoms with Gasteiger partial charge in [-0.1, -0.05) is 24.3 Å². The third-order valence-corrected chi connectivity index (χ3v) is 6.29. The molecule has 3 heterocycles. The Morgan fingerprint density at radius 1 is 1.17 bits per heavy atom. The van der Waals surface area contributed by atoms with E-state index in [9.17, 15) is 14.7 Å². The van der Waals surface area contributed by atoms with E-state index in [0.717, 1.165) is 5.56 Å². The number of nitrogens with zero attached hydrogens (tertiary/aromatic N) is 2. The highest BCUT2D eigenvalue weighted by Gasteiger charge is 2.36. The van der Waals surface area contributed by atoms with Gasteiger partial charge in [0, 0.05) is 19.3 Å². The molecular formula is C27H27N3O6. The van der Waals surface area contributed by atoms with Crippen LogP contribution >= 0.6 is 0 Å². The molecule has 3 aromatic rings. The van der Waals surface area contributed by atoms with E-state index in [4.69, 9.17) is 14.2 Å². The van der Waals surface area contributed by atoms with Crippen molar-refractivity contribution in [1.82, 2.24) is 10.3 Å². The van der Waals surface area contributed by atoms with Gasteiger partial charge < -0.3 is 29.5 Å². The number of aromatic nitrogens is 1. The van der Waals surface area contributed by atoms with Crippen LogP contribution in [0, 0.1) is 0 Å². The second kappa shape index (κ2) is 9.96. The minimum Gasteiger partial charge on any atom is -0.489 e. The third-order valence-electron chi connectivity index (χ3n) is 6.29. The lowest BCUT2D eigenvalue weighted by atomic mass is 9.93. The second-order valence-electron chi connectivity index (χ2n) is 9.05. The van der Waals surface area contributed by atoms with Gasteiger partial charge >= 0.3 is 0 Å². The summed E-state index contributed by atoms with van der Waals surface area (Å²) in [6, 6.07) is 17.1. The molecule has 0 spiro atoms. The van der Waals surface area contributed by atoms with Crippen molar-refractivity contribution in [2.24, 2.45) is 0 Å². The molecule has 5 rings (SSSR count). The van der Waals surface area contributed by atoms with Gasteiger partial charge in [-0.25, -0.2) is 0 Å². The number of rotatable bonds is 7. The largest absolute Gasteiger partial charge is 0.489 e. The highest BCUT2D eigenvalue weighted by Crippen LogP contribution is 2.33. The number of aliphatic hydroxyl groups is 1. The summed E-state index contributed by atoms with van der Waals surface area (Å²) in [5.41, 5.74) is 0.952. The number of anilines is 1. The molecule has 0 radical (unpaired) electrons. The van der Waals surface area contributed by atoms with Crippen molar-refractivity contribution in [3.8, 4) is 17.2 Å². The molecule has 1 saturated heterocycles. The summed E-state index contributed by atoms with van der Waals surface area (Å²) in [6.07, 6.45) is 2.72. The fourth-order valence-corrected chi connectivity index (χ4v) is 4.12. The Morgan fingerprint density at radius 3 is 2.72 bits per heavy atom. The van der Waals surface area contributed by atoms with Gasteiger partial charge in [-0.2, -0.15) is 0 Å². The van der Waals surface area contributed by atoms with Gasteiger partial charge in [-0.3, -0.25) is 14.6 Å². The van der Waals surface area contributed by atoms with Crippen molar-refractivity contribution < 1.29 is 28.9 Å². The molecule has 1 atom stereocenters. The van der Waals surface area contributed by atoms with Crippen molar-refractivity contribution in [2.75, 3.05) is 31.8 Å². The van der Waals surface area contributed by atoms with Crippen LogP contribution in [0.4, 0.5) is 5.69 Å². The maximum atomic E-state index is 13.1. The standard InChI is InChI=1S/C27H27N3O6/c1-30-23-8-7-18(9-11-27(33)16-34-17-27)13-24(23)35-15-22(26(30)32)29-25(31)21-14-20(10-12-28-21)36-19-5-3-2-4-6-19/h2-8,10,12-14,22,33H,9,11,15-17H2,1H3,(H,29,31)/t22-/m0/s1. The number of aryl methyl sites for hydroxylation is 1. The molecule has 36 heavy (non-hydrogen) atoms. The van der Waals surface area contributed by atoms with E-state index in [-0.39, 0.29) is 18.2 Å². The van der Waals surface area contributed by atoms with Crippen LogP contribution in [0.5, 0.6) is 17.2 Å². The lowest BCUT2D eigenvalue weighted by Crippen LogP contribution is -2.49. The number of para-hydroxylation sites is 1. The number of amides is 2. The lowest BCUT2D eigenvalue weighted by molar-refractivity contribution is -0.180. The molecule has 9 nitrogen and oxygen atoms in total. The van der Waals surface area contributed by atoms with Crippen LogP contribution in [0.2, 0.25) is 0 Å². The number of hydrogen-bond acceptors (Lipinski definition) is 7. The Morgan fingerprint density at radius 2 is 1.97 bits per heavy atom. The predicted octanol–water partition coefficient (Wildman–Crippen LogP) is 2.72. The minimum atomic E-state index is -0.897. The van der Waals surface area contributed by atoms with E-state index in [1.165, 1.54) is 17.2 Å². The summed E-state index contributed by atoms with van der Waals surface area (Å²) in [4.78, 5) is 31.7. The molecule has 2 aromatic carbocycles. The number of fused-ring (bicyclic) bond motifs is 1. The number of benzene rings is 2. The minimum absolute atomic E-state index is 0.0245. The van der Waals surface area contributed by atoms with Crippen LogP contribution in [0.15, 0.2) is 66.9 Å². The number of hydrogen-bond donors (Lipinski definition) is 2. The summed E-state index contributed by atoms with van der Waals surface area (Å²) in [5.74, 6) is 0.837. The van der Waals surface area contributed by atoms with Gasteiger partial charge in [-0.15, -0.1) is 0 Å². The van der Waals surface area contributed by atoms with Gasteiger partial charge in [0.05, 0.1) is 18.9 Å². The Balaban J connectivity index is 1.25. The second-order valence-corrected chi connectivity index (χ2v) is 9.05. The molecule has 186 valence electrons. The maximum absolute atomic E-state index is 13.1. The van der Waals surface area contributed by atoms with E-state index >= 15 is 0 Å². The Kier molecular flexibility index (Phi) is 6.58. The first kappa shape index (κ1) is 23.8. The normalized spacial score (nSPS) is 18.3. The zero-order valence-electron chi connectivity index (χ0n) is 19.8. The molecule has 9 heteroatoms. The molecule has 2 N–H and O–H groups in total. The number of pyridine rings is 1. The van der Waals surface area contributed by atoms with E-state index in [0.29, 0.717) is 49.0 Å². The summed E-state index contributed by atoms with van der Waals surface area (Å²) in [6.45, 7) is 0.676. The van der Waals surface area contributed by atoms with Crippen molar-refractivity contribution in [3.63, 3.8) is 0 Å². The van der Waals surface area contributed by atoms with Crippen molar-refractivity contribution >= 4 is 17.5 Å². The highest BCUT2D eigenvalue weighted by molar-refractivity contribution is 6.02. The molecule has 1 aromatic heterocycles. The molecule has 0 unspecified atom stereocenters. The van der Waals surface area contributed by atoms with Crippen LogP contribution in [0.25, 0.3) is 0 Å². The number of nitrogens with one attached hydrogen (secondary N) is 1. The molecule has 2 aliphatic heterocycles. The van der Waals surface area contributed by atoms with Gasteiger partial charge in [0.25, 0.3) is 11.8 Å². The van der Waals surface area contributed by atoms with Crippen LogP contribution < -0.4 is 19.7 Å². The molecule has 1 fully saturated rings. The average molecular weight is 490 g/mol. The smallest absolute Gasteiger partial charge is 0.270 e. The van der Waals surface area contributed by atoms with E-state index < -0.39 is 17.6 Å². The average Bonchev–Trinajstić information content (AvgIpc) is 2.99. The van der Waals surface area contributed by atoms with Gasteiger partial charge in [0.1, 0.15) is 41.2 Å². The fourth-order valence-electron chi connectivity index (χ4n) is 4.12. The first-order chi connectivity index (χ1) is 17.4. The molecular weight excluding hydrogens is 462 g/mol. The highest BCUT2D eigenvalue weighted by atomic mass is 16.5. The maximum Gasteiger partial charge on any atom is 0.270 e. The Labute approximate surface area is 208 Å².